The zero-order valence-corrected chi connectivity index (χ0v) is 16.5. The number of rotatable bonds is 7. The summed E-state index contributed by atoms with van der Waals surface area (Å²) in [5.41, 5.74) is 0.760. The van der Waals surface area contributed by atoms with Crippen LogP contribution in [-0.2, 0) is 11.1 Å². The molecule has 2 rings (SSSR count). The predicted octanol–water partition coefficient (Wildman–Crippen LogP) is 6.71. The van der Waals surface area contributed by atoms with Crippen molar-refractivity contribution in [2.75, 3.05) is 0 Å². The van der Waals surface area contributed by atoms with Crippen LogP contribution < -0.4 is 0 Å². The van der Waals surface area contributed by atoms with Crippen molar-refractivity contribution in [3.05, 3.63) is 53.6 Å². The monoisotopic (exact) mass is 500 g/mol. The molecular weight excluding hydrogens is 490 g/mol. The second-order valence-corrected chi connectivity index (χ2v) is 8.30. The lowest BCUT2D eigenvalue weighted by Gasteiger charge is -2.34. The van der Waals surface area contributed by atoms with E-state index in [0.717, 1.165) is 5.56 Å². The summed E-state index contributed by atoms with van der Waals surface area (Å²) in [4.78, 5) is -1.84. The molecule has 1 unspecified atom stereocenters. The average molecular weight is 500 g/mol. The van der Waals surface area contributed by atoms with Crippen LogP contribution >= 0.6 is 11.8 Å². The molecular formula is C17H10F10O2S2. The third-order valence-electron chi connectivity index (χ3n) is 3.96. The van der Waals surface area contributed by atoms with E-state index in [-0.39, 0.29) is 11.1 Å². The zero-order valence-electron chi connectivity index (χ0n) is 14.9. The average Bonchev–Trinajstić information content (AvgIpc) is 2.64. The molecule has 172 valence electrons. The fraction of sp³-hybridized carbons (Fsp3) is 0.294. The van der Waals surface area contributed by atoms with E-state index in [2.05, 4.69) is 0 Å². The largest absolute Gasteiger partial charge is 0.413 e. The van der Waals surface area contributed by atoms with Gasteiger partial charge in [0.15, 0.2) is 0 Å². The SMILES string of the molecule is Cc1ccc(-c2cc(F)c(SC(F)(F)C(F)(F)C(F)(F)C(F)(F)S(=O)O)c(F)c2)cc1. The van der Waals surface area contributed by atoms with E-state index >= 15 is 0 Å². The predicted molar refractivity (Wildman–Crippen MR) is 92.9 cm³/mol. The molecule has 0 aliphatic rings. The van der Waals surface area contributed by atoms with Crippen LogP contribution in [0.15, 0.2) is 41.3 Å². The number of thioether (sulfide) groups is 1. The van der Waals surface area contributed by atoms with Crippen molar-refractivity contribution in [2.24, 2.45) is 0 Å². The Labute approximate surface area is 174 Å². The smallest absolute Gasteiger partial charge is 0.301 e. The van der Waals surface area contributed by atoms with E-state index in [1.165, 1.54) is 24.3 Å². The van der Waals surface area contributed by atoms with Crippen LogP contribution in [-0.4, -0.2) is 31.1 Å². The van der Waals surface area contributed by atoms with Crippen molar-refractivity contribution in [2.45, 2.75) is 34.2 Å². The molecule has 0 amide bonds. The van der Waals surface area contributed by atoms with E-state index in [1.54, 1.807) is 6.92 Å². The fourth-order valence-corrected chi connectivity index (χ4v) is 3.41. The van der Waals surface area contributed by atoms with Gasteiger partial charge in [0, 0.05) is 0 Å². The van der Waals surface area contributed by atoms with Gasteiger partial charge in [0.1, 0.15) is 11.6 Å². The Balaban J connectivity index is 2.46. The van der Waals surface area contributed by atoms with Crippen LogP contribution in [0.3, 0.4) is 0 Å². The lowest BCUT2D eigenvalue weighted by molar-refractivity contribution is -0.324. The van der Waals surface area contributed by atoms with Crippen LogP contribution in [0.2, 0.25) is 0 Å². The maximum Gasteiger partial charge on any atom is 0.413 e. The molecule has 0 heterocycles. The first-order valence-corrected chi connectivity index (χ1v) is 9.75. The number of halogens is 10. The highest BCUT2D eigenvalue weighted by Gasteiger charge is 2.83. The van der Waals surface area contributed by atoms with E-state index in [0.29, 0.717) is 12.1 Å². The minimum Gasteiger partial charge on any atom is -0.301 e. The molecule has 1 atom stereocenters. The molecule has 0 bridgehead atoms. The first-order valence-electron chi connectivity index (χ1n) is 7.83. The zero-order chi connectivity index (χ0) is 24.0. The summed E-state index contributed by atoms with van der Waals surface area (Å²) < 4.78 is 155. The first kappa shape index (κ1) is 25.5. The fourth-order valence-electron chi connectivity index (χ4n) is 2.24. The summed E-state index contributed by atoms with van der Waals surface area (Å²) in [6.07, 6.45) is 0. The van der Waals surface area contributed by atoms with Crippen molar-refractivity contribution in [3.8, 4) is 11.1 Å². The van der Waals surface area contributed by atoms with Gasteiger partial charge in [0.05, 0.1) is 4.90 Å². The third kappa shape index (κ3) is 4.42. The van der Waals surface area contributed by atoms with E-state index < -0.39 is 61.7 Å². The van der Waals surface area contributed by atoms with Crippen LogP contribution in [0, 0.1) is 18.6 Å². The van der Waals surface area contributed by atoms with E-state index in [1.807, 2.05) is 0 Å². The minimum absolute atomic E-state index is 0.202. The number of hydrogen-bond acceptors (Lipinski definition) is 2. The second-order valence-electron chi connectivity index (χ2n) is 6.17. The maximum absolute atomic E-state index is 14.2. The minimum atomic E-state index is -7.05. The lowest BCUT2D eigenvalue weighted by atomic mass is 10.0. The van der Waals surface area contributed by atoms with Crippen LogP contribution in [0.4, 0.5) is 43.9 Å². The molecule has 2 aromatic rings. The normalized spacial score (nSPS) is 14.6. The van der Waals surface area contributed by atoms with Gasteiger partial charge in [0.25, 0.3) is 0 Å². The van der Waals surface area contributed by atoms with Crippen molar-refractivity contribution in [1.82, 2.24) is 0 Å². The molecule has 2 aromatic carbocycles. The third-order valence-corrected chi connectivity index (χ3v) is 5.76. The molecule has 1 N–H and O–H groups in total. The summed E-state index contributed by atoms with van der Waals surface area (Å²) in [6, 6.07) is 6.79. The van der Waals surface area contributed by atoms with Gasteiger partial charge in [-0.1, -0.05) is 29.8 Å². The number of aryl methyl sites for hydroxylation is 1. The summed E-state index contributed by atoms with van der Waals surface area (Å²) in [5.74, 6) is -17.7. The quantitative estimate of drug-likeness (QED) is 0.261. The molecule has 0 radical (unpaired) electrons. The van der Waals surface area contributed by atoms with Crippen molar-refractivity contribution in [3.63, 3.8) is 0 Å². The Bertz CT molecular complexity index is 970. The molecule has 2 nitrogen and oxygen atoms in total. The molecule has 0 saturated heterocycles. The highest BCUT2D eigenvalue weighted by molar-refractivity contribution is 8.00. The van der Waals surface area contributed by atoms with Gasteiger partial charge >= 0.3 is 22.4 Å². The molecule has 0 saturated carbocycles. The van der Waals surface area contributed by atoms with Gasteiger partial charge in [-0.2, -0.15) is 35.1 Å². The molecule has 0 fully saturated rings. The highest BCUT2D eigenvalue weighted by atomic mass is 32.2. The summed E-state index contributed by atoms with van der Waals surface area (Å²) in [5, 5.41) is -12.7. The van der Waals surface area contributed by atoms with E-state index in [4.69, 9.17) is 4.55 Å². The molecule has 0 spiro atoms. The van der Waals surface area contributed by atoms with Crippen LogP contribution in [0.5, 0.6) is 0 Å². The molecule has 0 aromatic heterocycles. The standard InChI is InChI=1S/C17H10F10O2S2/c1-8-2-4-9(5-3-8)10-6-11(18)13(12(19)7-10)30-16(24,25)14(20,21)15(22,23)17(26,27)31(28)29/h2-7H,1H3,(H,28,29). The molecule has 14 heteroatoms. The number of alkyl halides is 8. The molecule has 31 heavy (non-hydrogen) atoms. The van der Waals surface area contributed by atoms with Gasteiger partial charge in [-0.15, -0.1) is 0 Å². The van der Waals surface area contributed by atoms with Crippen LogP contribution in [0.1, 0.15) is 5.56 Å². The first-order chi connectivity index (χ1) is 14.0. The Morgan fingerprint density at radius 2 is 1.26 bits per heavy atom. The second kappa shape index (κ2) is 8.28. The molecule has 0 aliphatic carbocycles. The van der Waals surface area contributed by atoms with E-state index in [9.17, 15) is 48.1 Å². The van der Waals surface area contributed by atoms with Gasteiger partial charge in [-0.05, 0) is 41.9 Å². The summed E-state index contributed by atoms with van der Waals surface area (Å²) >= 11 is -6.72. The summed E-state index contributed by atoms with van der Waals surface area (Å²) in [7, 11) is 0. The Morgan fingerprint density at radius 3 is 1.68 bits per heavy atom. The van der Waals surface area contributed by atoms with Crippen LogP contribution in [0.25, 0.3) is 11.1 Å². The summed E-state index contributed by atoms with van der Waals surface area (Å²) in [6.45, 7) is 1.69. The number of hydrogen-bond donors (Lipinski definition) is 1. The molecule has 0 aliphatic heterocycles. The number of benzene rings is 2. The van der Waals surface area contributed by atoms with Crippen molar-refractivity contribution >= 4 is 22.8 Å². The maximum atomic E-state index is 14.2. The Kier molecular flexibility index (Phi) is 6.80. The Morgan fingerprint density at radius 1 is 0.806 bits per heavy atom. The lowest BCUT2D eigenvalue weighted by Crippen LogP contribution is -2.62. The van der Waals surface area contributed by atoms with Gasteiger partial charge in [-0.25, -0.2) is 13.0 Å². The van der Waals surface area contributed by atoms with Gasteiger partial charge < -0.3 is 4.55 Å². The van der Waals surface area contributed by atoms with Crippen molar-refractivity contribution < 1.29 is 52.7 Å². The Hall–Kier alpha value is -1.80. The van der Waals surface area contributed by atoms with Gasteiger partial charge in [0.2, 0.25) is 11.1 Å². The van der Waals surface area contributed by atoms with Crippen molar-refractivity contribution in [1.29, 1.82) is 0 Å². The van der Waals surface area contributed by atoms with Gasteiger partial charge in [-0.3, -0.25) is 0 Å². The topological polar surface area (TPSA) is 37.3 Å². The highest BCUT2D eigenvalue weighted by Crippen LogP contribution is 2.58.